The Balaban J connectivity index is 2.01. The van der Waals surface area contributed by atoms with Crippen LogP contribution in [0.3, 0.4) is 0 Å². The van der Waals surface area contributed by atoms with Crippen molar-refractivity contribution in [1.29, 1.82) is 0 Å². The first-order valence-corrected chi connectivity index (χ1v) is 7.37. The quantitative estimate of drug-likeness (QED) is 0.620. The van der Waals surface area contributed by atoms with E-state index in [-0.39, 0.29) is 11.3 Å². The average molecular weight is 374 g/mol. The van der Waals surface area contributed by atoms with Gasteiger partial charge in [-0.2, -0.15) is 0 Å². The second kappa shape index (κ2) is 7.51. The molecule has 0 fully saturated rings. The number of halogens is 1. The van der Waals surface area contributed by atoms with Crippen molar-refractivity contribution in [1.82, 2.24) is 0 Å². The minimum absolute atomic E-state index is 0.0673. The van der Waals surface area contributed by atoms with Gasteiger partial charge >= 0.3 is 5.97 Å². The van der Waals surface area contributed by atoms with E-state index in [1.165, 1.54) is 24.3 Å². The van der Waals surface area contributed by atoms with Gasteiger partial charge in [-0.15, -0.1) is 0 Å². The Kier molecular flexibility index (Phi) is 5.43. The van der Waals surface area contributed by atoms with Gasteiger partial charge in [-0.25, -0.2) is 4.79 Å². The Bertz CT molecular complexity index is 781. The number of ketones is 1. The highest BCUT2D eigenvalue weighted by molar-refractivity contribution is 9.10. The van der Waals surface area contributed by atoms with E-state index in [2.05, 4.69) is 21.2 Å². The van der Waals surface area contributed by atoms with Crippen LogP contribution in [0.1, 0.15) is 20.7 Å². The standard InChI is InChI=1S/C17H12BrNO4/c18-13-6-4-11(5-7-13)15(20)8-9-16(21)19-14-3-1-2-12(10-14)17(22)23/h1-10H,(H,19,21)(H,22,23)/b9-8+. The molecule has 0 atom stereocenters. The largest absolute Gasteiger partial charge is 0.478 e. The zero-order valence-corrected chi connectivity index (χ0v) is 13.4. The maximum absolute atomic E-state index is 11.9. The summed E-state index contributed by atoms with van der Waals surface area (Å²) in [5.74, 6) is -1.90. The second-order valence-corrected chi connectivity index (χ2v) is 5.50. The van der Waals surface area contributed by atoms with Crippen LogP contribution in [0.15, 0.2) is 65.2 Å². The SMILES string of the molecule is O=C(/C=C/C(=O)c1ccc(Br)cc1)Nc1cccc(C(=O)O)c1. The average Bonchev–Trinajstić information content (AvgIpc) is 2.53. The van der Waals surface area contributed by atoms with E-state index in [0.29, 0.717) is 11.3 Å². The molecule has 0 aromatic heterocycles. The summed E-state index contributed by atoms with van der Waals surface area (Å²) in [4.78, 5) is 34.5. The first-order valence-electron chi connectivity index (χ1n) is 6.58. The molecule has 0 aliphatic heterocycles. The maximum Gasteiger partial charge on any atom is 0.335 e. The third kappa shape index (κ3) is 4.89. The van der Waals surface area contributed by atoms with Crippen molar-refractivity contribution in [2.45, 2.75) is 0 Å². The van der Waals surface area contributed by atoms with Gasteiger partial charge in [0.15, 0.2) is 5.78 Å². The van der Waals surface area contributed by atoms with E-state index in [1.54, 1.807) is 30.3 Å². The molecular weight excluding hydrogens is 362 g/mol. The number of hydrogen-bond acceptors (Lipinski definition) is 3. The van der Waals surface area contributed by atoms with Crippen LogP contribution in [0.25, 0.3) is 0 Å². The molecule has 0 spiro atoms. The van der Waals surface area contributed by atoms with E-state index < -0.39 is 11.9 Å². The number of amides is 1. The Labute approximate surface area is 140 Å². The predicted molar refractivity (Wildman–Crippen MR) is 89.6 cm³/mol. The molecule has 116 valence electrons. The number of carbonyl (C=O) groups excluding carboxylic acids is 2. The lowest BCUT2D eigenvalue weighted by Crippen LogP contribution is -2.09. The highest BCUT2D eigenvalue weighted by Gasteiger charge is 2.06. The van der Waals surface area contributed by atoms with Gasteiger partial charge in [-0.05, 0) is 48.5 Å². The Hall–Kier alpha value is -2.73. The number of nitrogens with one attached hydrogen (secondary N) is 1. The van der Waals surface area contributed by atoms with Crippen molar-refractivity contribution in [3.63, 3.8) is 0 Å². The van der Waals surface area contributed by atoms with Gasteiger partial charge in [0.25, 0.3) is 0 Å². The minimum atomic E-state index is -1.08. The van der Waals surface area contributed by atoms with Gasteiger partial charge in [0.2, 0.25) is 5.91 Å². The van der Waals surface area contributed by atoms with Crippen LogP contribution in [-0.4, -0.2) is 22.8 Å². The summed E-state index contributed by atoms with van der Waals surface area (Å²) in [5, 5.41) is 11.4. The Morgan fingerprint density at radius 1 is 0.957 bits per heavy atom. The fraction of sp³-hybridized carbons (Fsp3) is 0. The van der Waals surface area contributed by atoms with Gasteiger partial charge < -0.3 is 10.4 Å². The van der Waals surface area contributed by atoms with Gasteiger partial charge in [0.1, 0.15) is 0 Å². The molecule has 2 N–H and O–H groups in total. The van der Waals surface area contributed by atoms with E-state index >= 15 is 0 Å². The van der Waals surface area contributed by atoms with E-state index in [1.807, 2.05) is 0 Å². The van der Waals surface area contributed by atoms with Crippen LogP contribution < -0.4 is 5.32 Å². The number of rotatable bonds is 5. The molecule has 0 heterocycles. The van der Waals surface area contributed by atoms with E-state index in [0.717, 1.165) is 10.5 Å². The molecule has 0 aliphatic rings. The van der Waals surface area contributed by atoms with Crippen molar-refractivity contribution >= 4 is 39.3 Å². The van der Waals surface area contributed by atoms with Crippen LogP contribution >= 0.6 is 15.9 Å². The molecule has 23 heavy (non-hydrogen) atoms. The summed E-state index contributed by atoms with van der Waals surface area (Å²) in [6, 6.07) is 12.6. The molecular formula is C17H12BrNO4. The first kappa shape index (κ1) is 16.6. The summed E-state index contributed by atoms with van der Waals surface area (Å²) in [6.07, 6.45) is 2.28. The highest BCUT2D eigenvalue weighted by Crippen LogP contribution is 2.12. The number of anilines is 1. The van der Waals surface area contributed by atoms with Crippen LogP contribution in [0.4, 0.5) is 5.69 Å². The number of aromatic carboxylic acids is 1. The zero-order chi connectivity index (χ0) is 16.8. The van der Waals surface area contributed by atoms with Crippen LogP contribution in [0, 0.1) is 0 Å². The van der Waals surface area contributed by atoms with Gasteiger partial charge in [-0.3, -0.25) is 9.59 Å². The van der Waals surface area contributed by atoms with Crippen molar-refractivity contribution in [3.8, 4) is 0 Å². The number of benzene rings is 2. The Morgan fingerprint density at radius 2 is 1.65 bits per heavy atom. The second-order valence-electron chi connectivity index (χ2n) is 4.58. The number of allylic oxidation sites excluding steroid dienone is 1. The number of carboxylic acids is 1. The molecule has 0 aliphatic carbocycles. The molecule has 0 saturated heterocycles. The number of carbonyl (C=O) groups is 3. The van der Waals surface area contributed by atoms with Gasteiger partial charge in [-0.1, -0.05) is 22.0 Å². The fourth-order valence-electron chi connectivity index (χ4n) is 1.78. The lowest BCUT2D eigenvalue weighted by Gasteiger charge is -2.03. The lowest BCUT2D eigenvalue weighted by molar-refractivity contribution is -0.111. The smallest absolute Gasteiger partial charge is 0.335 e. The topological polar surface area (TPSA) is 83.5 Å². The maximum atomic E-state index is 11.9. The summed E-state index contributed by atoms with van der Waals surface area (Å²) >= 11 is 3.27. The van der Waals surface area contributed by atoms with Crippen molar-refractivity contribution in [2.24, 2.45) is 0 Å². The summed E-state index contributed by atoms with van der Waals surface area (Å²) in [5.41, 5.74) is 0.874. The third-order valence-corrected chi connectivity index (χ3v) is 3.42. The number of carboxylic acid groups (broad SMARTS) is 1. The predicted octanol–water partition coefficient (Wildman–Crippen LogP) is 3.52. The molecule has 0 bridgehead atoms. The molecule has 0 radical (unpaired) electrons. The fourth-order valence-corrected chi connectivity index (χ4v) is 2.04. The van der Waals surface area contributed by atoms with Crippen LogP contribution in [0.2, 0.25) is 0 Å². The van der Waals surface area contributed by atoms with Gasteiger partial charge in [0, 0.05) is 21.8 Å². The van der Waals surface area contributed by atoms with E-state index in [4.69, 9.17) is 5.11 Å². The first-order chi connectivity index (χ1) is 11.0. The molecule has 5 nitrogen and oxygen atoms in total. The summed E-state index contributed by atoms with van der Waals surface area (Å²) in [7, 11) is 0. The summed E-state index contributed by atoms with van der Waals surface area (Å²) in [6.45, 7) is 0. The van der Waals surface area contributed by atoms with Crippen molar-refractivity contribution in [2.75, 3.05) is 5.32 Å². The number of hydrogen-bond donors (Lipinski definition) is 2. The monoisotopic (exact) mass is 373 g/mol. The van der Waals surface area contributed by atoms with Crippen molar-refractivity contribution < 1.29 is 19.5 Å². The normalized spacial score (nSPS) is 10.5. The summed E-state index contributed by atoms with van der Waals surface area (Å²) < 4.78 is 0.856. The van der Waals surface area contributed by atoms with Crippen molar-refractivity contribution in [3.05, 3.63) is 76.3 Å². The Morgan fingerprint density at radius 3 is 2.30 bits per heavy atom. The molecule has 2 aromatic carbocycles. The lowest BCUT2D eigenvalue weighted by atomic mass is 10.1. The van der Waals surface area contributed by atoms with Gasteiger partial charge in [0.05, 0.1) is 5.56 Å². The van der Waals surface area contributed by atoms with Crippen LogP contribution in [0.5, 0.6) is 0 Å². The molecule has 2 aromatic rings. The molecule has 1 amide bonds. The van der Waals surface area contributed by atoms with E-state index in [9.17, 15) is 14.4 Å². The zero-order valence-electron chi connectivity index (χ0n) is 11.8. The highest BCUT2D eigenvalue weighted by atomic mass is 79.9. The van der Waals surface area contributed by atoms with Crippen LogP contribution in [-0.2, 0) is 4.79 Å². The molecule has 0 unspecified atom stereocenters. The molecule has 0 saturated carbocycles. The molecule has 2 rings (SSSR count). The minimum Gasteiger partial charge on any atom is -0.478 e. The third-order valence-electron chi connectivity index (χ3n) is 2.89. The molecule has 6 heteroatoms.